The van der Waals surface area contributed by atoms with Crippen LogP contribution < -0.4 is 15.1 Å². The summed E-state index contributed by atoms with van der Waals surface area (Å²) in [5, 5.41) is 5.12. The van der Waals surface area contributed by atoms with E-state index in [1.54, 1.807) is 36.4 Å². The van der Waals surface area contributed by atoms with Gasteiger partial charge >= 0.3 is 4.87 Å². The molecule has 1 saturated heterocycles. The molecule has 1 aromatic heterocycles. The van der Waals surface area contributed by atoms with Crippen molar-refractivity contribution in [2.45, 2.75) is 22.7 Å². The molecular formula is C32H21BrClN3O4S2. The molecule has 43 heavy (non-hydrogen) atoms. The van der Waals surface area contributed by atoms with Crippen LogP contribution in [0.25, 0.3) is 10.8 Å². The van der Waals surface area contributed by atoms with E-state index in [0.717, 1.165) is 32.1 Å². The van der Waals surface area contributed by atoms with E-state index in [9.17, 15) is 19.2 Å². The summed E-state index contributed by atoms with van der Waals surface area (Å²) in [6.07, 6.45) is 0. The van der Waals surface area contributed by atoms with E-state index in [4.69, 9.17) is 11.6 Å². The second-order valence-corrected chi connectivity index (χ2v) is 13.8. The van der Waals surface area contributed by atoms with E-state index in [0.29, 0.717) is 26.3 Å². The lowest BCUT2D eigenvalue weighted by Crippen LogP contribution is -2.33. The molecule has 0 spiro atoms. The zero-order valence-corrected chi connectivity index (χ0v) is 26.2. The molecular weight excluding hydrogens is 670 g/mol. The number of aromatic nitrogens is 1. The summed E-state index contributed by atoms with van der Waals surface area (Å²) < 4.78 is 2.25. The molecule has 0 bridgehead atoms. The van der Waals surface area contributed by atoms with Crippen LogP contribution in [0, 0.1) is 5.92 Å². The molecule has 7 nitrogen and oxygen atoms in total. The maximum Gasteiger partial charge on any atom is 0.308 e. The third-order valence-corrected chi connectivity index (χ3v) is 11.1. The van der Waals surface area contributed by atoms with Crippen LogP contribution >= 0.6 is 50.6 Å². The SMILES string of the molecule is O=C(Cn1c2c(sc1=O)[C@H](c1ccc(Cl)cc1)C1C(=O)N(c3ccc(Br)cc3)C(=O)C1S2)Nc1cccc2ccccc12. The van der Waals surface area contributed by atoms with Crippen LogP contribution in [-0.4, -0.2) is 27.5 Å². The molecule has 3 atom stereocenters. The zero-order chi connectivity index (χ0) is 29.8. The van der Waals surface area contributed by atoms with Crippen molar-refractivity contribution >= 4 is 90.5 Å². The average molecular weight is 691 g/mol. The number of anilines is 2. The van der Waals surface area contributed by atoms with Crippen LogP contribution in [0.2, 0.25) is 5.02 Å². The molecule has 3 heterocycles. The molecule has 3 amide bonds. The molecule has 0 radical (unpaired) electrons. The zero-order valence-electron chi connectivity index (χ0n) is 22.2. The summed E-state index contributed by atoms with van der Waals surface area (Å²) in [5.41, 5.74) is 1.90. The number of imide groups is 1. The van der Waals surface area contributed by atoms with Gasteiger partial charge in [0.15, 0.2) is 0 Å². The number of fused-ring (bicyclic) bond motifs is 3. The Morgan fingerprint density at radius 3 is 2.37 bits per heavy atom. The fraction of sp³-hybridized carbons (Fsp3) is 0.125. The Hall–Kier alpha value is -3.70. The Labute approximate surface area is 267 Å². The lowest BCUT2D eigenvalue weighted by Gasteiger charge is -2.30. The lowest BCUT2D eigenvalue weighted by molar-refractivity contribution is -0.122. The highest BCUT2D eigenvalue weighted by Gasteiger charge is 2.56. The second kappa shape index (κ2) is 11.1. The summed E-state index contributed by atoms with van der Waals surface area (Å²) in [6, 6.07) is 27.5. The van der Waals surface area contributed by atoms with Crippen LogP contribution in [0.15, 0.2) is 105 Å². The topological polar surface area (TPSA) is 88.5 Å². The lowest BCUT2D eigenvalue weighted by atomic mass is 9.83. The summed E-state index contributed by atoms with van der Waals surface area (Å²) >= 11 is 11.8. The summed E-state index contributed by atoms with van der Waals surface area (Å²) in [5.74, 6) is -2.33. The number of nitrogens with zero attached hydrogens (tertiary/aromatic N) is 2. The van der Waals surface area contributed by atoms with Gasteiger partial charge in [-0.15, -0.1) is 0 Å². The maximum atomic E-state index is 14.0. The van der Waals surface area contributed by atoms with Gasteiger partial charge in [0.1, 0.15) is 11.8 Å². The van der Waals surface area contributed by atoms with E-state index in [1.807, 2.05) is 54.6 Å². The summed E-state index contributed by atoms with van der Waals surface area (Å²) in [6.45, 7) is -0.232. The van der Waals surface area contributed by atoms with E-state index < -0.39 is 17.1 Å². The largest absolute Gasteiger partial charge is 0.324 e. The molecule has 11 heteroatoms. The monoisotopic (exact) mass is 689 g/mol. The molecule has 0 saturated carbocycles. The van der Waals surface area contributed by atoms with E-state index >= 15 is 0 Å². The molecule has 1 N–H and O–H groups in total. The van der Waals surface area contributed by atoms with Gasteiger partial charge in [0.2, 0.25) is 17.7 Å². The van der Waals surface area contributed by atoms with Crippen molar-refractivity contribution in [3.05, 3.63) is 121 Å². The smallest absolute Gasteiger partial charge is 0.308 e. The minimum atomic E-state index is -0.772. The number of carbonyl (C=O) groups is 3. The number of thiazole rings is 1. The van der Waals surface area contributed by atoms with Gasteiger partial charge in [0, 0.05) is 31.4 Å². The normalized spacial score (nSPS) is 19.4. The Balaban J connectivity index is 1.28. The van der Waals surface area contributed by atoms with Gasteiger partial charge in [-0.3, -0.25) is 23.7 Å². The van der Waals surface area contributed by atoms with Crippen molar-refractivity contribution in [2.24, 2.45) is 5.92 Å². The summed E-state index contributed by atoms with van der Waals surface area (Å²) in [4.78, 5) is 56.2. The quantitative estimate of drug-likeness (QED) is 0.203. The van der Waals surface area contributed by atoms with Crippen molar-refractivity contribution < 1.29 is 14.4 Å². The molecule has 214 valence electrons. The first kappa shape index (κ1) is 28.1. The number of halogens is 2. The Morgan fingerprint density at radius 2 is 1.60 bits per heavy atom. The first-order valence-electron chi connectivity index (χ1n) is 13.4. The predicted octanol–water partition coefficient (Wildman–Crippen LogP) is 6.91. The van der Waals surface area contributed by atoms with Gasteiger partial charge in [-0.2, -0.15) is 0 Å². The molecule has 7 rings (SSSR count). The molecule has 2 aliphatic rings. The molecule has 2 aliphatic heterocycles. The highest BCUT2D eigenvalue weighted by Crippen LogP contribution is 2.54. The van der Waals surface area contributed by atoms with Gasteiger partial charge in [-0.25, -0.2) is 4.90 Å². The minimum absolute atomic E-state index is 0.232. The highest BCUT2D eigenvalue weighted by atomic mass is 79.9. The number of hydrogen-bond acceptors (Lipinski definition) is 6. The Bertz CT molecular complexity index is 1990. The van der Waals surface area contributed by atoms with Gasteiger partial charge in [-0.1, -0.05) is 99.2 Å². The number of hydrogen-bond donors (Lipinski definition) is 1. The fourth-order valence-corrected chi connectivity index (χ4v) is 8.96. The third-order valence-electron chi connectivity index (χ3n) is 7.73. The molecule has 4 aromatic carbocycles. The highest BCUT2D eigenvalue weighted by molar-refractivity contribution is 9.10. The molecule has 0 aliphatic carbocycles. The number of benzene rings is 4. The minimum Gasteiger partial charge on any atom is -0.324 e. The third kappa shape index (κ3) is 4.92. The number of thioether (sulfide) groups is 1. The van der Waals surface area contributed by atoms with Crippen molar-refractivity contribution in [3.8, 4) is 0 Å². The predicted molar refractivity (Wildman–Crippen MR) is 174 cm³/mol. The molecule has 5 aromatic rings. The average Bonchev–Trinajstić information content (AvgIpc) is 3.44. The standard InChI is InChI=1S/C32H21BrClN3O4S2/c33-19-10-14-21(15-11-19)37-29(39)26-25(18-8-12-20(34)13-9-18)28-31(42-27(26)30(37)40)36(32(41)43-28)16-24(38)35-23-7-3-5-17-4-1-2-6-22(17)23/h1-15,25-27H,16H2,(H,35,38)/t25-,26?,27?/m1/s1. The van der Waals surface area contributed by atoms with Crippen LogP contribution in [0.4, 0.5) is 11.4 Å². The van der Waals surface area contributed by atoms with Crippen LogP contribution in [-0.2, 0) is 20.9 Å². The van der Waals surface area contributed by atoms with Gasteiger partial charge in [0.25, 0.3) is 0 Å². The van der Waals surface area contributed by atoms with Gasteiger partial charge < -0.3 is 5.32 Å². The van der Waals surface area contributed by atoms with E-state index in [-0.39, 0.29) is 29.1 Å². The molecule has 2 unspecified atom stereocenters. The van der Waals surface area contributed by atoms with Crippen molar-refractivity contribution in [3.63, 3.8) is 0 Å². The van der Waals surface area contributed by atoms with Crippen LogP contribution in [0.3, 0.4) is 0 Å². The first-order chi connectivity index (χ1) is 20.8. The van der Waals surface area contributed by atoms with Crippen LogP contribution in [0.5, 0.6) is 0 Å². The van der Waals surface area contributed by atoms with Crippen molar-refractivity contribution in [2.75, 3.05) is 10.2 Å². The Morgan fingerprint density at radius 1 is 0.884 bits per heavy atom. The number of nitrogens with one attached hydrogen (secondary N) is 1. The van der Waals surface area contributed by atoms with E-state index in [2.05, 4.69) is 21.2 Å². The molecule has 1 fully saturated rings. The summed E-state index contributed by atoms with van der Waals surface area (Å²) in [7, 11) is 0. The second-order valence-electron chi connectivity index (χ2n) is 10.3. The first-order valence-corrected chi connectivity index (χ1v) is 16.2. The van der Waals surface area contributed by atoms with Crippen molar-refractivity contribution in [1.29, 1.82) is 0 Å². The fourth-order valence-electron chi connectivity index (χ4n) is 5.80. The van der Waals surface area contributed by atoms with Gasteiger partial charge in [0.05, 0.1) is 16.6 Å². The Kier molecular flexibility index (Phi) is 7.25. The maximum absolute atomic E-state index is 14.0. The number of rotatable bonds is 5. The van der Waals surface area contributed by atoms with Crippen molar-refractivity contribution in [1.82, 2.24) is 4.57 Å². The van der Waals surface area contributed by atoms with Gasteiger partial charge in [-0.05, 0) is 53.4 Å². The van der Waals surface area contributed by atoms with Crippen LogP contribution in [0.1, 0.15) is 16.4 Å². The number of amides is 3. The van der Waals surface area contributed by atoms with E-state index in [1.165, 1.54) is 21.2 Å². The number of carbonyl (C=O) groups excluding carboxylic acids is 3.